The number of rotatable bonds is 4. The van der Waals surface area contributed by atoms with E-state index in [4.69, 9.17) is 9.47 Å². The molecule has 2 atom stereocenters. The number of hydrogen-bond donors (Lipinski definition) is 1. The molecule has 9 nitrogen and oxygen atoms in total. The molecule has 0 unspecified atom stereocenters. The van der Waals surface area contributed by atoms with Crippen LogP contribution in [0.2, 0.25) is 0 Å². The Balaban J connectivity index is 1.51. The molecule has 3 aromatic rings. The summed E-state index contributed by atoms with van der Waals surface area (Å²) in [6.07, 6.45) is 0.452. The van der Waals surface area contributed by atoms with Crippen molar-refractivity contribution in [1.82, 2.24) is 10.2 Å². The molecule has 0 radical (unpaired) electrons. The smallest absolute Gasteiger partial charge is 0.416 e. The van der Waals surface area contributed by atoms with Gasteiger partial charge in [0, 0.05) is 23.6 Å². The van der Waals surface area contributed by atoms with Gasteiger partial charge in [-0.1, -0.05) is 0 Å². The van der Waals surface area contributed by atoms with Crippen molar-refractivity contribution in [3.8, 4) is 22.8 Å². The highest BCUT2D eigenvalue weighted by Crippen LogP contribution is 2.42. The lowest BCUT2D eigenvalue weighted by molar-refractivity contribution is 0.0574. The van der Waals surface area contributed by atoms with Crippen molar-refractivity contribution in [3.05, 3.63) is 59.7 Å². The largest absolute Gasteiger partial charge is 0.504 e. The third-order valence-corrected chi connectivity index (χ3v) is 6.33. The van der Waals surface area contributed by atoms with Gasteiger partial charge in [0.1, 0.15) is 29.6 Å². The summed E-state index contributed by atoms with van der Waals surface area (Å²) in [5, 5.41) is 18.5. The van der Waals surface area contributed by atoms with Gasteiger partial charge in [-0.15, -0.1) is 10.2 Å². The predicted molar refractivity (Wildman–Crippen MR) is 135 cm³/mol. The summed E-state index contributed by atoms with van der Waals surface area (Å²) < 4.78 is 39.8. The van der Waals surface area contributed by atoms with Crippen LogP contribution in [0.5, 0.6) is 11.5 Å². The first-order chi connectivity index (χ1) is 18.0. The minimum Gasteiger partial charge on any atom is -0.504 e. The topological polar surface area (TPSA) is 105 Å². The van der Waals surface area contributed by atoms with Crippen molar-refractivity contribution >= 4 is 23.9 Å². The van der Waals surface area contributed by atoms with Crippen LogP contribution in [0.4, 0.5) is 25.1 Å². The van der Waals surface area contributed by atoms with Crippen LogP contribution in [0.25, 0.3) is 11.3 Å². The maximum absolute atomic E-state index is 14.1. The van der Waals surface area contributed by atoms with Crippen molar-refractivity contribution < 1.29 is 33.0 Å². The summed E-state index contributed by atoms with van der Waals surface area (Å²) in [4.78, 5) is 27.5. The van der Waals surface area contributed by atoms with E-state index in [1.807, 2.05) is 4.90 Å². The fraction of sp³-hybridized carbons (Fsp3) is 0.333. The molecule has 1 aromatic heterocycles. The summed E-state index contributed by atoms with van der Waals surface area (Å²) in [5.41, 5.74) is 0.154. The Morgan fingerprint density at radius 2 is 1.84 bits per heavy atom. The fourth-order valence-corrected chi connectivity index (χ4v) is 4.69. The zero-order chi connectivity index (χ0) is 27.2. The number of ether oxygens (including phenoxy) is 2. The summed E-state index contributed by atoms with van der Waals surface area (Å²) in [5.74, 6) is -1.93. The molecule has 2 aliphatic heterocycles. The Bertz CT molecular complexity index is 1390. The Morgan fingerprint density at radius 3 is 2.53 bits per heavy atom. The molecular formula is C27H26F2N4O5. The lowest BCUT2D eigenvalue weighted by atomic mass is 10.1. The zero-order valence-corrected chi connectivity index (χ0v) is 21.0. The molecule has 198 valence electrons. The van der Waals surface area contributed by atoms with E-state index in [9.17, 15) is 23.5 Å². The number of aldehydes is 1. The highest BCUT2D eigenvalue weighted by molar-refractivity contribution is 5.93. The van der Waals surface area contributed by atoms with Gasteiger partial charge in [0.25, 0.3) is 0 Å². The Labute approximate surface area is 217 Å². The van der Waals surface area contributed by atoms with Crippen molar-refractivity contribution in [1.29, 1.82) is 0 Å². The molecule has 5 rings (SSSR count). The van der Waals surface area contributed by atoms with Gasteiger partial charge in [-0.3, -0.25) is 9.69 Å². The first kappa shape index (κ1) is 25.4. The Hall–Kier alpha value is -4.28. The van der Waals surface area contributed by atoms with Gasteiger partial charge < -0.3 is 19.5 Å². The molecule has 2 aromatic carbocycles. The molecule has 0 aliphatic carbocycles. The molecule has 1 saturated heterocycles. The van der Waals surface area contributed by atoms with E-state index in [0.29, 0.717) is 36.0 Å². The minimum absolute atomic E-state index is 0.0401. The first-order valence-corrected chi connectivity index (χ1v) is 12.1. The van der Waals surface area contributed by atoms with Gasteiger partial charge in [-0.2, -0.15) is 0 Å². The second-order valence-electron chi connectivity index (χ2n) is 10.3. The van der Waals surface area contributed by atoms with Crippen molar-refractivity contribution in [2.75, 3.05) is 22.9 Å². The highest BCUT2D eigenvalue weighted by Gasteiger charge is 2.43. The Kier molecular flexibility index (Phi) is 6.38. The summed E-state index contributed by atoms with van der Waals surface area (Å²) in [6, 6.07) is 9.67. The number of carbonyl (C=O) groups is 2. The number of fused-ring (bicyclic) bond motifs is 3. The van der Waals surface area contributed by atoms with Crippen LogP contribution in [0.3, 0.4) is 0 Å². The average molecular weight is 525 g/mol. The van der Waals surface area contributed by atoms with Crippen LogP contribution >= 0.6 is 0 Å². The van der Waals surface area contributed by atoms with Gasteiger partial charge in [0.05, 0.1) is 30.5 Å². The molecule has 0 saturated carbocycles. The van der Waals surface area contributed by atoms with E-state index in [1.54, 1.807) is 51.1 Å². The standard InChI is InChI=1S/C27H26F2N4O5/c1-27(2,3)38-26(36)33-12-17-10-19(37-18-6-4-15(14-34)5-7-18)13-32(17)23-11-22(30-31-25(23)33)20-8-16(28)9-21(29)24(20)35/h4-9,11,14,17,19,35H,10,12-13H2,1-3H3/t17-,19-/m1/s1. The molecule has 38 heavy (non-hydrogen) atoms. The van der Waals surface area contributed by atoms with Crippen LogP contribution in [-0.2, 0) is 4.74 Å². The van der Waals surface area contributed by atoms with E-state index < -0.39 is 29.1 Å². The molecule has 1 fully saturated rings. The quantitative estimate of drug-likeness (QED) is 0.489. The van der Waals surface area contributed by atoms with Gasteiger partial charge >= 0.3 is 6.09 Å². The molecule has 0 spiro atoms. The monoisotopic (exact) mass is 524 g/mol. The third kappa shape index (κ3) is 4.96. The number of hydrogen-bond acceptors (Lipinski definition) is 8. The van der Waals surface area contributed by atoms with E-state index in [1.165, 1.54) is 4.90 Å². The van der Waals surface area contributed by atoms with Crippen LogP contribution < -0.4 is 14.5 Å². The molecule has 0 bridgehead atoms. The number of phenolic OH excluding ortho intramolecular Hbond substituents is 1. The van der Waals surface area contributed by atoms with E-state index in [-0.39, 0.29) is 35.8 Å². The van der Waals surface area contributed by atoms with Crippen LogP contribution in [0, 0.1) is 11.6 Å². The number of benzene rings is 2. The SMILES string of the molecule is CC(C)(C)OC(=O)N1C[C@H]2C[C@@H](Oc3ccc(C=O)cc3)CN2c2cc(-c3cc(F)cc(F)c3O)nnc21. The predicted octanol–water partition coefficient (Wildman–Crippen LogP) is 4.72. The molecule has 2 aliphatic rings. The van der Waals surface area contributed by atoms with Crippen molar-refractivity contribution in [3.63, 3.8) is 0 Å². The number of phenols is 1. The van der Waals surface area contributed by atoms with Crippen LogP contribution in [0.15, 0.2) is 42.5 Å². The van der Waals surface area contributed by atoms with Crippen LogP contribution in [0.1, 0.15) is 37.6 Å². The summed E-state index contributed by atoms with van der Waals surface area (Å²) in [7, 11) is 0. The lowest BCUT2D eigenvalue weighted by Crippen LogP contribution is -2.50. The molecule has 11 heteroatoms. The number of aromatic nitrogens is 2. The summed E-state index contributed by atoms with van der Waals surface area (Å²) in [6.45, 7) is 5.97. The van der Waals surface area contributed by atoms with E-state index in [0.717, 1.165) is 12.4 Å². The van der Waals surface area contributed by atoms with E-state index >= 15 is 0 Å². The first-order valence-electron chi connectivity index (χ1n) is 12.1. The van der Waals surface area contributed by atoms with E-state index in [2.05, 4.69) is 10.2 Å². The number of anilines is 2. The third-order valence-electron chi connectivity index (χ3n) is 6.33. The van der Waals surface area contributed by atoms with Gasteiger partial charge in [-0.25, -0.2) is 13.6 Å². The lowest BCUT2D eigenvalue weighted by Gasteiger charge is -2.39. The van der Waals surface area contributed by atoms with Gasteiger partial charge in [0.15, 0.2) is 17.4 Å². The normalized spacial score (nSPS) is 18.6. The number of carbonyl (C=O) groups excluding carboxylic acids is 2. The number of nitrogens with zero attached hydrogens (tertiary/aromatic N) is 4. The summed E-state index contributed by atoms with van der Waals surface area (Å²) >= 11 is 0. The number of halogens is 2. The number of aromatic hydroxyl groups is 1. The average Bonchev–Trinajstić information content (AvgIpc) is 3.27. The molecule has 3 heterocycles. The molecule has 1 N–H and O–H groups in total. The second-order valence-corrected chi connectivity index (χ2v) is 10.3. The van der Waals surface area contributed by atoms with Crippen LogP contribution in [-0.4, -0.2) is 58.5 Å². The minimum atomic E-state index is -1.12. The van der Waals surface area contributed by atoms with Gasteiger partial charge in [0.2, 0.25) is 0 Å². The Morgan fingerprint density at radius 1 is 1.11 bits per heavy atom. The maximum atomic E-state index is 14.1. The second kappa shape index (κ2) is 9.55. The van der Waals surface area contributed by atoms with Crippen molar-refractivity contribution in [2.45, 2.75) is 44.9 Å². The van der Waals surface area contributed by atoms with Gasteiger partial charge in [-0.05, 0) is 57.2 Å². The molecule has 1 amide bonds. The zero-order valence-electron chi connectivity index (χ0n) is 21.0. The maximum Gasteiger partial charge on any atom is 0.416 e. The molecular weight excluding hydrogens is 498 g/mol. The number of amides is 1. The van der Waals surface area contributed by atoms with Crippen molar-refractivity contribution in [2.24, 2.45) is 0 Å². The highest BCUT2D eigenvalue weighted by atomic mass is 19.1. The fourth-order valence-electron chi connectivity index (χ4n) is 4.69.